The van der Waals surface area contributed by atoms with Gasteiger partial charge in [-0.25, -0.2) is 18.5 Å². The molecule has 0 aromatic rings. The van der Waals surface area contributed by atoms with Crippen molar-refractivity contribution in [2.24, 2.45) is 17.8 Å². The van der Waals surface area contributed by atoms with Gasteiger partial charge in [-0.1, -0.05) is 97.8 Å². The van der Waals surface area contributed by atoms with Crippen LogP contribution in [0, 0.1) is 17.8 Å². The maximum atomic E-state index is 4.62. The van der Waals surface area contributed by atoms with Crippen LogP contribution in [0.2, 0.25) is 0 Å². The molecule has 0 aliphatic carbocycles. The molecular formula is C24H42N6W-6. The Kier molecular flexibility index (Phi) is 8.39. The van der Waals surface area contributed by atoms with E-state index in [1.54, 1.807) is 0 Å². The fourth-order valence-electron chi connectivity index (χ4n) is 6.23. The predicted molar refractivity (Wildman–Crippen MR) is 127 cm³/mol. The van der Waals surface area contributed by atoms with E-state index in [1.807, 2.05) is 0 Å². The molecule has 6 nitrogen and oxygen atoms in total. The van der Waals surface area contributed by atoms with Gasteiger partial charge in [0.2, 0.25) is 0 Å². The number of fused-ring (bicyclic) bond motifs is 3. The summed E-state index contributed by atoms with van der Waals surface area (Å²) in [7, 11) is 0. The summed E-state index contributed by atoms with van der Waals surface area (Å²) < 4.78 is 0. The second-order valence-electron chi connectivity index (χ2n) is 12.0. The fraction of sp³-hybridized carbons (Fsp3) is 1.00. The number of hydrogen-bond acceptors (Lipinski definition) is 0. The summed E-state index contributed by atoms with van der Waals surface area (Å²) in [6, 6.07) is 0. The van der Waals surface area contributed by atoms with Gasteiger partial charge in [0.05, 0.1) is 0 Å². The number of hydrogen-bond donors (Lipinski definition) is 0. The molecule has 6 rings (SSSR count). The van der Waals surface area contributed by atoms with Crippen molar-refractivity contribution in [2.45, 2.75) is 115 Å². The molecule has 6 fully saturated rings. The second-order valence-corrected chi connectivity index (χ2v) is 12.0. The first-order valence-corrected chi connectivity index (χ1v) is 12.2. The molecule has 6 heterocycles. The van der Waals surface area contributed by atoms with Gasteiger partial charge >= 0.3 is 0 Å². The Labute approximate surface area is 205 Å². The molecule has 6 aliphatic heterocycles. The third-order valence-corrected chi connectivity index (χ3v) is 7.44. The van der Waals surface area contributed by atoms with Gasteiger partial charge in [-0.15, -0.1) is 36.3 Å². The van der Waals surface area contributed by atoms with Crippen LogP contribution in [-0.4, -0.2) is 54.7 Å². The van der Waals surface area contributed by atoms with E-state index in [2.05, 4.69) is 73.4 Å². The smallest absolute Gasteiger partial charge is 0 e. The Morgan fingerprint density at radius 2 is 0.742 bits per heavy atom. The van der Waals surface area contributed by atoms with Crippen LogP contribution in [0.25, 0.3) is 31.9 Å². The van der Waals surface area contributed by atoms with E-state index >= 15 is 0 Å². The van der Waals surface area contributed by atoms with Crippen molar-refractivity contribution in [3.63, 3.8) is 0 Å². The zero-order chi connectivity index (χ0) is 21.6. The molecule has 6 saturated heterocycles. The molecule has 0 N–H and O–H groups in total. The topological polar surface area (TPSA) is 84.6 Å². The van der Waals surface area contributed by atoms with Crippen LogP contribution in [0.4, 0.5) is 0 Å². The van der Waals surface area contributed by atoms with Crippen LogP contribution in [-0.2, 0) is 21.1 Å². The van der Waals surface area contributed by atoms with Crippen molar-refractivity contribution < 1.29 is 21.1 Å². The van der Waals surface area contributed by atoms with Gasteiger partial charge < -0.3 is 31.9 Å². The third-order valence-electron chi connectivity index (χ3n) is 7.44. The van der Waals surface area contributed by atoms with Crippen LogP contribution < -0.4 is 0 Å². The van der Waals surface area contributed by atoms with Gasteiger partial charge in [0.25, 0.3) is 0 Å². The molecule has 0 saturated carbocycles. The van der Waals surface area contributed by atoms with Gasteiger partial charge in [-0.2, -0.15) is 0 Å². The fourth-order valence-corrected chi connectivity index (χ4v) is 6.23. The normalized spacial score (nSPS) is 42.4. The van der Waals surface area contributed by atoms with Crippen LogP contribution in [0.3, 0.4) is 0 Å². The zero-order valence-corrected chi connectivity index (χ0v) is 23.4. The second kappa shape index (κ2) is 9.98. The van der Waals surface area contributed by atoms with Crippen molar-refractivity contribution in [1.29, 1.82) is 0 Å². The van der Waals surface area contributed by atoms with Gasteiger partial charge in [-0.3, -0.25) is 0 Å². The Hall–Kier alpha value is 0.448. The summed E-state index contributed by atoms with van der Waals surface area (Å²) in [4.78, 5) is 0. The van der Waals surface area contributed by atoms with Crippen LogP contribution >= 0.6 is 0 Å². The van der Waals surface area contributed by atoms with E-state index < -0.39 is 0 Å². The molecule has 0 radical (unpaired) electrons. The molecule has 6 aliphatic rings. The van der Waals surface area contributed by atoms with Crippen LogP contribution in [0.5, 0.6) is 0 Å². The molecule has 7 heteroatoms. The summed E-state index contributed by atoms with van der Waals surface area (Å²) in [5.74, 6) is 2.36. The van der Waals surface area contributed by atoms with E-state index in [0.717, 1.165) is 37.4 Å². The summed E-state index contributed by atoms with van der Waals surface area (Å²) in [5.41, 5.74) is 0.664. The molecule has 0 aromatic heterocycles. The minimum atomic E-state index is 0. The van der Waals surface area contributed by atoms with Gasteiger partial charge in [0.15, 0.2) is 0 Å². The quantitative estimate of drug-likeness (QED) is 0.295. The average Bonchev–Trinajstić information content (AvgIpc) is 3.37. The van der Waals surface area contributed by atoms with Crippen molar-refractivity contribution in [2.75, 3.05) is 19.6 Å². The SMILES string of the molecule is CC1(C)CC2CC[N-]C2[N-]1.CC1(C)CC2CC[N-]C2[N-]1.CC1(C)CC2CC[N-]C2[N-]1.[W]. The molecular weight excluding hydrogens is 556 g/mol. The van der Waals surface area contributed by atoms with Gasteiger partial charge in [0, 0.05) is 21.1 Å². The molecule has 0 spiro atoms. The molecule has 0 amide bonds. The third kappa shape index (κ3) is 6.74. The Balaban J connectivity index is 0.000000130. The number of nitrogens with zero attached hydrogens (tertiary/aromatic N) is 6. The first-order chi connectivity index (χ1) is 14.0. The monoisotopic (exact) mass is 598 g/mol. The Morgan fingerprint density at radius 1 is 0.484 bits per heavy atom. The number of rotatable bonds is 0. The minimum absolute atomic E-state index is 0. The summed E-state index contributed by atoms with van der Waals surface area (Å²) >= 11 is 0. The zero-order valence-electron chi connectivity index (χ0n) is 20.4. The summed E-state index contributed by atoms with van der Waals surface area (Å²) in [6.45, 7) is 16.4. The van der Waals surface area contributed by atoms with Crippen LogP contribution in [0.15, 0.2) is 0 Å². The summed E-state index contributed by atoms with van der Waals surface area (Å²) in [5, 5.41) is 27.1. The maximum absolute atomic E-state index is 4.62. The molecule has 180 valence electrons. The van der Waals surface area contributed by atoms with E-state index in [1.165, 1.54) is 38.5 Å². The first-order valence-electron chi connectivity index (χ1n) is 12.2. The molecule has 6 atom stereocenters. The van der Waals surface area contributed by atoms with Crippen molar-refractivity contribution in [3.8, 4) is 0 Å². The van der Waals surface area contributed by atoms with Crippen molar-refractivity contribution in [1.82, 2.24) is 0 Å². The standard InChI is InChI=1S/3C8H14N2.W/c3*1-8(2)5-6-3-4-9-7(6)10-8;/h3*6-7H,3-5H2,1-2H3;/q3*-2;. The average molecular weight is 598 g/mol. The molecule has 6 unspecified atom stereocenters. The van der Waals surface area contributed by atoms with E-state index in [4.69, 9.17) is 0 Å². The van der Waals surface area contributed by atoms with Crippen molar-refractivity contribution in [3.05, 3.63) is 31.9 Å². The molecule has 0 bridgehead atoms. The maximum Gasteiger partial charge on any atom is 0 e. The van der Waals surface area contributed by atoms with Gasteiger partial charge in [-0.05, 0) is 0 Å². The Morgan fingerprint density at radius 3 is 0.968 bits per heavy atom. The van der Waals surface area contributed by atoms with E-state index in [-0.39, 0.29) is 37.7 Å². The van der Waals surface area contributed by atoms with Crippen molar-refractivity contribution >= 4 is 0 Å². The first kappa shape index (κ1) is 26.1. The Bertz CT molecular complexity index is 472. The van der Waals surface area contributed by atoms with E-state index in [0.29, 0.717) is 18.5 Å². The van der Waals surface area contributed by atoms with Crippen LogP contribution in [0.1, 0.15) is 80.1 Å². The van der Waals surface area contributed by atoms with Gasteiger partial charge in [0.1, 0.15) is 0 Å². The minimum Gasteiger partial charge on any atom is -0.678 e. The summed E-state index contributed by atoms with van der Waals surface area (Å²) in [6.07, 6.45) is 8.69. The molecule has 0 aromatic carbocycles. The van der Waals surface area contributed by atoms with E-state index in [9.17, 15) is 0 Å². The predicted octanol–water partition coefficient (Wildman–Crippen LogP) is 6.78. The molecule has 31 heavy (non-hydrogen) atoms. The largest absolute Gasteiger partial charge is 0.678 e.